The first-order valence-corrected chi connectivity index (χ1v) is 9.32. The van der Waals surface area contributed by atoms with Gasteiger partial charge < -0.3 is 18.9 Å². The molecule has 0 radical (unpaired) electrons. The summed E-state index contributed by atoms with van der Waals surface area (Å²) in [6.07, 6.45) is 6.08. The highest BCUT2D eigenvalue weighted by atomic mass is 16.5. The molecule has 4 rings (SSSR count). The van der Waals surface area contributed by atoms with Gasteiger partial charge in [0.2, 0.25) is 0 Å². The second-order valence-corrected chi connectivity index (χ2v) is 7.38. The van der Waals surface area contributed by atoms with Crippen LogP contribution in [-0.4, -0.2) is 48.7 Å². The lowest BCUT2D eigenvalue weighted by Crippen LogP contribution is -2.45. The van der Waals surface area contributed by atoms with E-state index in [0.717, 1.165) is 34.2 Å². The second-order valence-electron chi connectivity index (χ2n) is 7.38. The molecule has 2 heterocycles. The minimum Gasteiger partial charge on any atom is -0.468 e. The highest BCUT2D eigenvalue weighted by molar-refractivity contribution is 5.93. The van der Waals surface area contributed by atoms with E-state index < -0.39 is 0 Å². The van der Waals surface area contributed by atoms with Gasteiger partial charge >= 0.3 is 11.9 Å². The number of para-hydroxylation sites is 1. The quantitative estimate of drug-likeness (QED) is 0.605. The Hall–Kier alpha value is -3.02. The normalized spacial score (nSPS) is 23.5. The number of ether oxygens (including phenoxy) is 2. The molecule has 1 aliphatic heterocycles. The molecule has 2 aliphatic rings. The van der Waals surface area contributed by atoms with Gasteiger partial charge in [0, 0.05) is 54.9 Å². The van der Waals surface area contributed by atoms with Gasteiger partial charge in [-0.05, 0) is 29.7 Å². The molecule has 1 aliphatic carbocycles. The maximum atomic E-state index is 12.8. The molecule has 0 N–H and O–H groups in total. The van der Waals surface area contributed by atoms with Gasteiger partial charge in [0.25, 0.3) is 0 Å². The number of aromatic nitrogens is 1. The Labute approximate surface area is 164 Å². The third kappa shape index (κ3) is 2.63. The third-order valence-electron chi connectivity index (χ3n) is 6.04. The first kappa shape index (κ1) is 18.3. The summed E-state index contributed by atoms with van der Waals surface area (Å²) in [6.45, 7) is 0. The number of fused-ring (bicyclic) bond motifs is 6. The number of likely N-dealkylation sites (N-methyl/N-ethyl adjacent to an activating group) is 1. The minimum absolute atomic E-state index is 0.00559. The van der Waals surface area contributed by atoms with Crippen molar-refractivity contribution >= 4 is 22.8 Å². The molecule has 1 aromatic heterocycles. The molecule has 1 aromatic carbocycles. The van der Waals surface area contributed by atoms with E-state index in [4.69, 9.17) is 9.47 Å². The molecule has 6 nitrogen and oxygen atoms in total. The van der Waals surface area contributed by atoms with E-state index in [9.17, 15) is 9.59 Å². The average molecular weight is 380 g/mol. The van der Waals surface area contributed by atoms with Gasteiger partial charge in [0.05, 0.1) is 14.2 Å². The number of aryl methyl sites for hydroxylation is 1. The lowest BCUT2D eigenvalue weighted by Gasteiger charge is -2.44. The first-order chi connectivity index (χ1) is 13.5. The smallest absolute Gasteiger partial charge is 0.330 e. The van der Waals surface area contributed by atoms with Crippen LogP contribution in [-0.2, 0) is 26.1 Å². The van der Waals surface area contributed by atoms with Gasteiger partial charge in [-0.25, -0.2) is 4.79 Å². The molecule has 0 saturated heterocycles. The number of esters is 2. The van der Waals surface area contributed by atoms with Crippen LogP contribution in [0.1, 0.15) is 29.5 Å². The molecule has 6 heteroatoms. The summed E-state index contributed by atoms with van der Waals surface area (Å²) in [5.74, 6) is -0.855. The first-order valence-electron chi connectivity index (χ1n) is 9.32. The summed E-state index contributed by atoms with van der Waals surface area (Å²) in [5.41, 5.74) is 4.27. The summed E-state index contributed by atoms with van der Waals surface area (Å²) < 4.78 is 12.1. The van der Waals surface area contributed by atoms with Crippen LogP contribution in [0, 0.1) is 0 Å². The molecule has 3 atom stereocenters. The fourth-order valence-corrected chi connectivity index (χ4v) is 4.78. The molecular formula is C22H24N2O4. The summed E-state index contributed by atoms with van der Waals surface area (Å²) in [6, 6.07) is 8.15. The van der Waals surface area contributed by atoms with E-state index in [1.807, 2.05) is 38.5 Å². The van der Waals surface area contributed by atoms with Crippen molar-refractivity contribution in [2.45, 2.75) is 24.3 Å². The molecule has 0 fully saturated rings. The van der Waals surface area contributed by atoms with Crippen LogP contribution >= 0.6 is 0 Å². The number of carbonyl (C=O) groups is 2. The number of methoxy groups -OCH3 is 2. The highest BCUT2D eigenvalue weighted by Crippen LogP contribution is 2.51. The molecule has 0 amide bonds. The molecular weight excluding hydrogens is 356 g/mol. The molecule has 2 bridgehead atoms. The van der Waals surface area contributed by atoms with Crippen LogP contribution in [0.4, 0.5) is 0 Å². The Morgan fingerprint density at radius 2 is 1.89 bits per heavy atom. The van der Waals surface area contributed by atoms with E-state index in [0.29, 0.717) is 0 Å². The summed E-state index contributed by atoms with van der Waals surface area (Å²) in [4.78, 5) is 26.5. The van der Waals surface area contributed by atoms with Crippen molar-refractivity contribution in [2.75, 3.05) is 21.3 Å². The standard InChI is InChI=1S/C22H24N2O4/c1-23-12-13(9-10-18(25)27-3)15-11-17(23)20(22(26)28-4)19-14-7-5-6-8-16(14)24(2)21(15)19/h5-10,12,15,17,20H,11H2,1-4H3/b10-9+/t15-,17-,20+/m0/s1. The number of hydrogen-bond donors (Lipinski definition) is 0. The summed E-state index contributed by atoms with van der Waals surface area (Å²) in [7, 11) is 6.82. The van der Waals surface area contributed by atoms with Crippen molar-refractivity contribution in [3.8, 4) is 0 Å². The number of rotatable bonds is 3. The van der Waals surface area contributed by atoms with Crippen molar-refractivity contribution in [3.05, 3.63) is 59.4 Å². The fraction of sp³-hybridized carbons (Fsp3) is 0.364. The molecule has 0 spiro atoms. The zero-order valence-electron chi connectivity index (χ0n) is 16.5. The average Bonchev–Trinajstić information content (AvgIpc) is 3.01. The van der Waals surface area contributed by atoms with Crippen LogP contribution in [0.25, 0.3) is 10.9 Å². The second kappa shape index (κ2) is 6.86. The summed E-state index contributed by atoms with van der Waals surface area (Å²) in [5, 5.41) is 1.08. The van der Waals surface area contributed by atoms with Gasteiger partial charge in [0.1, 0.15) is 5.92 Å². The van der Waals surface area contributed by atoms with E-state index in [-0.39, 0.29) is 29.8 Å². The van der Waals surface area contributed by atoms with Crippen LogP contribution in [0.5, 0.6) is 0 Å². The number of allylic oxidation sites excluding steroid dienone is 2. The van der Waals surface area contributed by atoms with Crippen molar-refractivity contribution < 1.29 is 19.1 Å². The number of hydrogen-bond acceptors (Lipinski definition) is 5. The SMILES string of the molecule is COC(=O)/C=C/C1=CN(C)[C@H]2C[C@@H]1c1c(c3ccccc3n1C)[C@@H]2C(=O)OC. The highest BCUT2D eigenvalue weighted by Gasteiger charge is 2.47. The maximum absolute atomic E-state index is 12.8. The van der Waals surface area contributed by atoms with E-state index in [1.54, 1.807) is 0 Å². The van der Waals surface area contributed by atoms with Crippen LogP contribution in [0.2, 0.25) is 0 Å². The maximum Gasteiger partial charge on any atom is 0.330 e. The van der Waals surface area contributed by atoms with Crippen LogP contribution in [0.15, 0.2) is 48.2 Å². The Balaban J connectivity index is 1.95. The number of nitrogens with zero attached hydrogens (tertiary/aromatic N) is 2. The predicted molar refractivity (Wildman–Crippen MR) is 106 cm³/mol. The number of carbonyl (C=O) groups excluding carboxylic acids is 2. The zero-order valence-corrected chi connectivity index (χ0v) is 16.5. The van der Waals surface area contributed by atoms with Crippen molar-refractivity contribution in [1.29, 1.82) is 0 Å². The topological polar surface area (TPSA) is 60.8 Å². The monoisotopic (exact) mass is 380 g/mol. The third-order valence-corrected chi connectivity index (χ3v) is 6.04. The molecule has 146 valence electrons. The number of benzene rings is 1. The molecule has 0 unspecified atom stereocenters. The summed E-state index contributed by atoms with van der Waals surface area (Å²) >= 11 is 0. The van der Waals surface area contributed by atoms with Gasteiger partial charge in [-0.15, -0.1) is 0 Å². The lowest BCUT2D eigenvalue weighted by molar-refractivity contribution is -0.144. The Morgan fingerprint density at radius 1 is 1.14 bits per heavy atom. The zero-order chi connectivity index (χ0) is 20.0. The van der Waals surface area contributed by atoms with Crippen molar-refractivity contribution in [2.24, 2.45) is 7.05 Å². The van der Waals surface area contributed by atoms with Gasteiger partial charge in [0.15, 0.2) is 0 Å². The molecule has 2 aromatic rings. The van der Waals surface area contributed by atoms with Crippen molar-refractivity contribution in [3.63, 3.8) is 0 Å². The Morgan fingerprint density at radius 3 is 2.61 bits per heavy atom. The van der Waals surface area contributed by atoms with Gasteiger partial charge in [-0.2, -0.15) is 0 Å². The Bertz CT molecular complexity index is 1020. The van der Waals surface area contributed by atoms with Gasteiger partial charge in [-0.1, -0.05) is 18.2 Å². The van der Waals surface area contributed by atoms with Crippen LogP contribution in [0.3, 0.4) is 0 Å². The fourth-order valence-electron chi connectivity index (χ4n) is 4.78. The van der Waals surface area contributed by atoms with E-state index in [1.165, 1.54) is 20.3 Å². The lowest BCUT2D eigenvalue weighted by atomic mass is 9.71. The van der Waals surface area contributed by atoms with E-state index in [2.05, 4.69) is 21.6 Å². The van der Waals surface area contributed by atoms with Crippen LogP contribution < -0.4 is 0 Å². The molecule has 0 saturated carbocycles. The van der Waals surface area contributed by atoms with Crippen molar-refractivity contribution in [1.82, 2.24) is 9.47 Å². The van der Waals surface area contributed by atoms with E-state index >= 15 is 0 Å². The van der Waals surface area contributed by atoms with Gasteiger partial charge in [-0.3, -0.25) is 4.79 Å². The predicted octanol–water partition coefficient (Wildman–Crippen LogP) is 2.85. The molecule has 28 heavy (non-hydrogen) atoms. The minimum atomic E-state index is -0.383. The largest absolute Gasteiger partial charge is 0.468 e. The Kier molecular flexibility index (Phi) is 4.49.